The van der Waals surface area contributed by atoms with Gasteiger partial charge in [-0.3, -0.25) is 0 Å². The highest BCUT2D eigenvalue weighted by molar-refractivity contribution is 7.99. The molecule has 0 amide bonds. The average molecular weight is 255 g/mol. The van der Waals surface area contributed by atoms with Gasteiger partial charge >= 0.3 is 5.97 Å². The largest absolute Gasteiger partial charge is 0.478 e. The monoisotopic (exact) mass is 255 g/mol. The van der Waals surface area contributed by atoms with Gasteiger partial charge in [-0.05, 0) is 18.7 Å². The van der Waals surface area contributed by atoms with Crippen LogP contribution in [0.2, 0.25) is 0 Å². The Labute approximate surface area is 105 Å². The number of nitrogen functional groups attached to an aromatic ring is 1. The van der Waals surface area contributed by atoms with Crippen molar-refractivity contribution in [2.24, 2.45) is 0 Å². The summed E-state index contributed by atoms with van der Waals surface area (Å²) in [5, 5.41) is 12.0. The SMILES string of the molecule is CCSCC(C)Nc1nccc(C(=O)O)c1N. The molecule has 0 saturated heterocycles. The summed E-state index contributed by atoms with van der Waals surface area (Å²) in [6.45, 7) is 4.10. The average Bonchev–Trinajstić information content (AvgIpc) is 2.28. The van der Waals surface area contributed by atoms with E-state index in [9.17, 15) is 4.79 Å². The molecule has 0 aliphatic heterocycles. The third-order valence-electron chi connectivity index (χ3n) is 2.18. The molecule has 17 heavy (non-hydrogen) atoms. The third-order valence-corrected chi connectivity index (χ3v) is 3.32. The number of carbonyl (C=O) groups is 1. The van der Waals surface area contributed by atoms with Crippen LogP contribution in [0, 0.1) is 0 Å². The number of nitrogens with zero attached hydrogens (tertiary/aromatic N) is 1. The number of carboxylic acid groups (broad SMARTS) is 1. The Morgan fingerprint density at radius 2 is 2.41 bits per heavy atom. The van der Waals surface area contributed by atoms with E-state index in [1.807, 2.05) is 6.92 Å². The molecule has 0 aromatic carbocycles. The van der Waals surface area contributed by atoms with Crippen LogP contribution in [0.4, 0.5) is 11.5 Å². The number of pyridine rings is 1. The molecule has 0 saturated carbocycles. The Hall–Kier alpha value is -1.43. The van der Waals surface area contributed by atoms with Crippen LogP contribution in [0.15, 0.2) is 12.3 Å². The number of nitrogens with one attached hydrogen (secondary N) is 1. The van der Waals surface area contributed by atoms with Gasteiger partial charge in [0.1, 0.15) is 5.82 Å². The van der Waals surface area contributed by atoms with Gasteiger partial charge in [0.15, 0.2) is 0 Å². The molecule has 1 heterocycles. The van der Waals surface area contributed by atoms with E-state index in [1.54, 1.807) is 11.8 Å². The van der Waals surface area contributed by atoms with Crippen LogP contribution < -0.4 is 11.1 Å². The van der Waals surface area contributed by atoms with E-state index in [0.29, 0.717) is 5.82 Å². The summed E-state index contributed by atoms with van der Waals surface area (Å²) in [5.74, 6) is 1.37. The molecular weight excluding hydrogens is 238 g/mol. The summed E-state index contributed by atoms with van der Waals surface area (Å²) in [5.41, 5.74) is 6.02. The summed E-state index contributed by atoms with van der Waals surface area (Å²) in [6, 6.07) is 1.59. The first-order valence-corrected chi connectivity index (χ1v) is 6.53. The third kappa shape index (κ3) is 3.81. The number of aromatic nitrogens is 1. The molecular formula is C11H17N3O2S. The predicted octanol–water partition coefficient (Wildman–Crippen LogP) is 1.92. The molecule has 1 aromatic heterocycles. The highest BCUT2D eigenvalue weighted by Crippen LogP contribution is 2.21. The van der Waals surface area contributed by atoms with E-state index < -0.39 is 5.97 Å². The van der Waals surface area contributed by atoms with E-state index in [-0.39, 0.29) is 17.3 Å². The molecule has 0 radical (unpaired) electrons. The first kappa shape index (κ1) is 13.6. The van der Waals surface area contributed by atoms with Crippen molar-refractivity contribution in [3.63, 3.8) is 0 Å². The number of aromatic carboxylic acids is 1. The minimum Gasteiger partial charge on any atom is -0.478 e. The first-order valence-electron chi connectivity index (χ1n) is 5.38. The Morgan fingerprint density at radius 3 is 3.00 bits per heavy atom. The van der Waals surface area contributed by atoms with Crippen LogP contribution in [0.25, 0.3) is 0 Å². The smallest absolute Gasteiger partial charge is 0.337 e. The Kier molecular flexibility index (Phi) is 5.09. The summed E-state index contributed by atoms with van der Waals surface area (Å²) in [4.78, 5) is 15.0. The van der Waals surface area contributed by atoms with Crippen molar-refractivity contribution in [3.8, 4) is 0 Å². The van der Waals surface area contributed by atoms with Gasteiger partial charge in [0.05, 0.1) is 11.3 Å². The van der Waals surface area contributed by atoms with E-state index in [0.717, 1.165) is 11.5 Å². The molecule has 1 unspecified atom stereocenters. The van der Waals surface area contributed by atoms with Crippen molar-refractivity contribution in [2.75, 3.05) is 22.6 Å². The quantitative estimate of drug-likeness (QED) is 0.719. The zero-order valence-electron chi connectivity index (χ0n) is 9.93. The van der Waals surface area contributed by atoms with Gasteiger partial charge < -0.3 is 16.2 Å². The lowest BCUT2D eigenvalue weighted by molar-refractivity contribution is 0.0698. The van der Waals surface area contributed by atoms with Crippen molar-refractivity contribution in [1.82, 2.24) is 4.98 Å². The van der Waals surface area contributed by atoms with E-state index >= 15 is 0 Å². The second-order valence-corrected chi connectivity index (χ2v) is 4.95. The second-order valence-electron chi connectivity index (χ2n) is 3.63. The van der Waals surface area contributed by atoms with Crippen LogP contribution >= 0.6 is 11.8 Å². The molecule has 6 heteroatoms. The van der Waals surface area contributed by atoms with Gasteiger partial charge in [-0.15, -0.1) is 0 Å². The highest BCUT2D eigenvalue weighted by Gasteiger charge is 2.13. The molecule has 0 aliphatic rings. The normalized spacial score (nSPS) is 12.1. The van der Waals surface area contributed by atoms with Crippen LogP contribution in [-0.2, 0) is 0 Å². The van der Waals surface area contributed by atoms with Crippen molar-refractivity contribution in [3.05, 3.63) is 17.8 Å². The van der Waals surface area contributed by atoms with E-state index in [1.165, 1.54) is 12.3 Å². The van der Waals surface area contributed by atoms with Crippen LogP contribution in [0.5, 0.6) is 0 Å². The molecule has 4 N–H and O–H groups in total. The molecule has 1 atom stereocenters. The fourth-order valence-electron chi connectivity index (χ4n) is 1.34. The highest BCUT2D eigenvalue weighted by atomic mass is 32.2. The maximum absolute atomic E-state index is 10.9. The Balaban J connectivity index is 2.77. The molecule has 1 aromatic rings. The summed E-state index contributed by atoms with van der Waals surface area (Å²) in [6.07, 6.45) is 1.45. The second kappa shape index (κ2) is 6.34. The van der Waals surface area contributed by atoms with Crippen molar-refractivity contribution < 1.29 is 9.90 Å². The van der Waals surface area contributed by atoms with Crippen LogP contribution in [0.3, 0.4) is 0 Å². The van der Waals surface area contributed by atoms with Gasteiger partial charge in [-0.1, -0.05) is 6.92 Å². The fourth-order valence-corrected chi connectivity index (χ4v) is 2.02. The number of carboxylic acids is 1. The standard InChI is InChI=1S/C11H17N3O2S/c1-3-17-6-7(2)14-10-9(12)8(11(15)16)4-5-13-10/h4-5,7H,3,6,12H2,1-2H3,(H,13,14)(H,15,16). The summed E-state index contributed by atoms with van der Waals surface area (Å²) in [7, 11) is 0. The molecule has 0 bridgehead atoms. The lowest BCUT2D eigenvalue weighted by atomic mass is 10.2. The van der Waals surface area contributed by atoms with Crippen molar-refractivity contribution in [1.29, 1.82) is 0 Å². The molecule has 5 nitrogen and oxygen atoms in total. The topological polar surface area (TPSA) is 88.2 Å². The van der Waals surface area contributed by atoms with Gasteiger partial charge in [-0.2, -0.15) is 11.8 Å². The Morgan fingerprint density at radius 1 is 1.71 bits per heavy atom. The van der Waals surface area contributed by atoms with Gasteiger partial charge in [0.2, 0.25) is 0 Å². The minimum atomic E-state index is -1.04. The zero-order chi connectivity index (χ0) is 12.8. The number of hydrogen-bond acceptors (Lipinski definition) is 5. The number of rotatable bonds is 6. The summed E-state index contributed by atoms with van der Waals surface area (Å²) >= 11 is 1.80. The fraction of sp³-hybridized carbons (Fsp3) is 0.455. The number of anilines is 2. The van der Waals surface area contributed by atoms with Crippen molar-refractivity contribution >= 4 is 29.2 Å². The summed E-state index contributed by atoms with van der Waals surface area (Å²) < 4.78 is 0. The molecule has 0 fully saturated rings. The lowest BCUT2D eigenvalue weighted by Crippen LogP contribution is -2.20. The van der Waals surface area contributed by atoms with Crippen LogP contribution in [0.1, 0.15) is 24.2 Å². The molecule has 0 aliphatic carbocycles. The molecule has 0 spiro atoms. The maximum Gasteiger partial charge on any atom is 0.337 e. The molecule has 94 valence electrons. The number of nitrogens with two attached hydrogens (primary N) is 1. The van der Waals surface area contributed by atoms with Crippen LogP contribution in [-0.4, -0.2) is 33.6 Å². The lowest BCUT2D eigenvalue weighted by Gasteiger charge is -2.15. The minimum absolute atomic E-state index is 0.0813. The Bertz CT molecular complexity index is 398. The van der Waals surface area contributed by atoms with Gasteiger partial charge in [0, 0.05) is 18.0 Å². The van der Waals surface area contributed by atoms with E-state index in [2.05, 4.69) is 17.2 Å². The van der Waals surface area contributed by atoms with Gasteiger partial charge in [0.25, 0.3) is 0 Å². The molecule has 1 rings (SSSR count). The maximum atomic E-state index is 10.9. The zero-order valence-corrected chi connectivity index (χ0v) is 10.8. The first-order chi connectivity index (χ1) is 8.06. The van der Waals surface area contributed by atoms with Crippen molar-refractivity contribution in [2.45, 2.75) is 19.9 Å². The van der Waals surface area contributed by atoms with E-state index in [4.69, 9.17) is 10.8 Å². The number of hydrogen-bond donors (Lipinski definition) is 3. The number of thioether (sulfide) groups is 1. The predicted molar refractivity (Wildman–Crippen MR) is 71.7 cm³/mol. The van der Waals surface area contributed by atoms with Gasteiger partial charge in [-0.25, -0.2) is 9.78 Å².